The summed E-state index contributed by atoms with van der Waals surface area (Å²) in [5.74, 6) is 1.94. The summed E-state index contributed by atoms with van der Waals surface area (Å²) in [4.78, 5) is 14.5. The monoisotopic (exact) mass is 243 g/mol. The molecule has 2 fully saturated rings. The Bertz CT molecular complexity index is 420. The first kappa shape index (κ1) is 11.8. The lowest BCUT2D eigenvalue weighted by molar-refractivity contribution is -0.134. The quantitative estimate of drug-likeness (QED) is 0.782. The maximum absolute atomic E-state index is 12.4. The van der Waals surface area contributed by atoms with E-state index in [1.54, 1.807) is 0 Å². The molecule has 1 aliphatic heterocycles. The molecule has 0 N–H and O–H groups in total. The van der Waals surface area contributed by atoms with Gasteiger partial charge < -0.3 is 4.90 Å². The molecule has 1 saturated heterocycles. The van der Waals surface area contributed by atoms with Gasteiger partial charge in [0.2, 0.25) is 5.91 Å². The first-order chi connectivity index (χ1) is 8.75. The Morgan fingerprint density at radius 1 is 1.17 bits per heavy atom. The van der Waals surface area contributed by atoms with Gasteiger partial charge in [0.25, 0.3) is 0 Å². The molecule has 0 aromatic heterocycles. The second-order valence-corrected chi connectivity index (χ2v) is 5.87. The number of likely N-dealkylation sites (tertiary alicyclic amines) is 1. The van der Waals surface area contributed by atoms with Gasteiger partial charge in [-0.3, -0.25) is 4.79 Å². The summed E-state index contributed by atoms with van der Waals surface area (Å²) in [6.45, 7) is 4.22. The van der Waals surface area contributed by atoms with E-state index in [1.807, 2.05) is 6.07 Å². The summed E-state index contributed by atoms with van der Waals surface area (Å²) in [7, 11) is 0. The van der Waals surface area contributed by atoms with Crippen molar-refractivity contribution in [3.8, 4) is 0 Å². The van der Waals surface area contributed by atoms with E-state index < -0.39 is 0 Å². The van der Waals surface area contributed by atoms with Crippen molar-refractivity contribution >= 4 is 5.91 Å². The summed E-state index contributed by atoms with van der Waals surface area (Å²) in [6, 6.07) is 10.5. The normalized spacial score (nSPS) is 28.2. The van der Waals surface area contributed by atoms with Gasteiger partial charge in [0, 0.05) is 19.0 Å². The van der Waals surface area contributed by atoms with E-state index in [0.29, 0.717) is 11.8 Å². The average Bonchev–Trinajstić information content (AvgIpc) is 3.20. The zero-order valence-electron chi connectivity index (χ0n) is 11.0. The molecule has 2 aliphatic rings. The molecule has 1 saturated carbocycles. The standard InChI is InChI=1S/C16H21NO/c1-12-7-9-17(10-8-12)16(18)15-11-14(15)13-5-3-2-4-6-13/h2-6,12,14-15H,7-11H2,1H3. The SMILES string of the molecule is CC1CCN(C(=O)C2CC2c2ccccc2)CC1. The van der Waals surface area contributed by atoms with Gasteiger partial charge in [0.1, 0.15) is 0 Å². The number of benzene rings is 1. The largest absolute Gasteiger partial charge is 0.342 e. The van der Waals surface area contributed by atoms with E-state index in [1.165, 1.54) is 18.4 Å². The Balaban J connectivity index is 1.59. The van der Waals surface area contributed by atoms with Crippen molar-refractivity contribution in [3.05, 3.63) is 35.9 Å². The second-order valence-electron chi connectivity index (χ2n) is 5.87. The van der Waals surface area contributed by atoms with Gasteiger partial charge in [0.15, 0.2) is 0 Å². The van der Waals surface area contributed by atoms with Crippen LogP contribution in [-0.4, -0.2) is 23.9 Å². The van der Waals surface area contributed by atoms with Crippen LogP contribution < -0.4 is 0 Å². The highest BCUT2D eigenvalue weighted by Gasteiger charge is 2.45. The lowest BCUT2D eigenvalue weighted by atomic mass is 9.98. The third-order valence-corrected chi connectivity index (χ3v) is 4.43. The van der Waals surface area contributed by atoms with Crippen molar-refractivity contribution in [2.45, 2.75) is 32.1 Å². The van der Waals surface area contributed by atoms with E-state index in [-0.39, 0.29) is 5.92 Å². The van der Waals surface area contributed by atoms with Crippen LogP contribution in [0.4, 0.5) is 0 Å². The number of carbonyl (C=O) groups excluding carboxylic acids is 1. The fourth-order valence-corrected chi connectivity index (χ4v) is 3.00. The summed E-state index contributed by atoms with van der Waals surface area (Å²) in [6.07, 6.45) is 3.40. The van der Waals surface area contributed by atoms with Gasteiger partial charge in [0.05, 0.1) is 0 Å². The van der Waals surface area contributed by atoms with Crippen LogP contribution in [0.2, 0.25) is 0 Å². The molecule has 0 spiro atoms. The Hall–Kier alpha value is -1.31. The number of rotatable bonds is 2. The molecule has 3 rings (SSSR count). The van der Waals surface area contributed by atoms with Crippen molar-refractivity contribution in [1.29, 1.82) is 0 Å². The molecular weight excluding hydrogens is 222 g/mol. The van der Waals surface area contributed by atoms with E-state index in [0.717, 1.165) is 25.4 Å². The Morgan fingerprint density at radius 2 is 1.83 bits per heavy atom. The molecule has 1 aromatic rings. The molecule has 2 unspecified atom stereocenters. The molecule has 1 amide bonds. The predicted octanol–water partition coefficient (Wildman–Crippen LogP) is 3.05. The predicted molar refractivity (Wildman–Crippen MR) is 72.3 cm³/mol. The summed E-state index contributed by atoms with van der Waals surface area (Å²) >= 11 is 0. The maximum atomic E-state index is 12.4. The lowest BCUT2D eigenvalue weighted by Crippen LogP contribution is -2.39. The topological polar surface area (TPSA) is 20.3 Å². The minimum atomic E-state index is 0.265. The molecule has 2 nitrogen and oxygen atoms in total. The molecule has 2 atom stereocenters. The number of nitrogens with zero attached hydrogens (tertiary/aromatic N) is 1. The fourth-order valence-electron chi connectivity index (χ4n) is 3.00. The molecular formula is C16H21NO. The number of carbonyl (C=O) groups is 1. The van der Waals surface area contributed by atoms with Crippen molar-refractivity contribution in [2.75, 3.05) is 13.1 Å². The summed E-state index contributed by atoms with van der Waals surface area (Å²) in [5.41, 5.74) is 1.33. The smallest absolute Gasteiger partial charge is 0.226 e. The third-order valence-electron chi connectivity index (χ3n) is 4.43. The van der Waals surface area contributed by atoms with Gasteiger partial charge >= 0.3 is 0 Å². The molecule has 1 heterocycles. The highest BCUT2D eigenvalue weighted by atomic mass is 16.2. The first-order valence-corrected chi connectivity index (χ1v) is 7.09. The summed E-state index contributed by atoms with van der Waals surface area (Å²) < 4.78 is 0. The summed E-state index contributed by atoms with van der Waals surface area (Å²) in [5, 5.41) is 0. The highest BCUT2D eigenvalue weighted by molar-refractivity contribution is 5.83. The van der Waals surface area contributed by atoms with Gasteiger partial charge in [-0.25, -0.2) is 0 Å². The average molecular weight is 243 g/mol. The Morgan fingerprint density at radius 3 is 2.50 bits per heavy atom. The first-order valence-electron chi connectivity index (χ1n) is 7.09. The molecule has 96 valence electrons. The second kappa shape index (κ2) is 4.75. The highest BCUT2D eigenvalue weighted by Crippen LogP contribution is 2.48. The van der Waals surface area contributed by atoms with Crippen molar-refractivity contribution in [1.82, 2.24) is 4.90 Å². The van der Waals surface area contributed by atoms with E-state index in [4.69, 9.17) is 0 Å². The van der Waals surface area contributed by atoms with Crippen LogP contribution in [0, 0.1) is 11.8 Å². The van der Waals surface area contributed by atoms with Crippen LogP contribution in [0.5, 0.6) is 0 Å². The van der Waals surface area contributed by atoms with Crippen LogP contribution in [0.3, 0.4) is 0 Å². The van der Waals surface area contributed by atoms with E-state index in [2.05, 4.69) is 36.1 Å². The molecule has 0 bridgehead atoms. The van der Waals surface area contributed by atoms with E-state index >= 15 is 0 Å². The van der Waals surface area contributed by atoms with Gasteiger partial charge in [-0.1, -0.05) is 37.3 Å². The van der Waals surface area contributed by atoms with Crippen molar-refractivity contribution < 1.29 is 4.79 Å². The fraction of sp³-hybridized carbons (Fsp3) is 0.562. The Kier molecular flexibility index (Phi) is 3.11. The van der Waals surface area contributed by atoms with Crippen LogP contribution in [0.25, 0.3) is 0 Å². The van der Waals surface area contributed by atoms with Crippen LogP contribution in [0.1, 0.15) is 37.7 Å². The Labute approximate surface area is 109 Å². The number of amides is 1. The third kappa shape index (κ3) is 2.29. The number of hydrogen-bond acceptors (Lipinski definition) is 1. The van der Waals surface area contributed by atoms with Crippen LogP contribution in [0.15, 0.2) is 30.3 Å². The molecule has 2 heteroatoms. The molecule has 0 radical (unpaired) electrons. The van der Waals surface area contributed by atoms with Crippen LogP contribution >= 0.6 is 0 Å². The van der Waals surface area contributed by atoms with Crippen LogP contribution in [-0.2, 0) is 4.79 Å². The van der Waals surface area contributed by atoms with Crippen molar-refractivity contribution in [3.63, 3.8) is 0 Å². The molecule has 1 aliphatic carbocycles. The lowest BCUT2D eigenvalue weighted by Gasteiger charge is -2.30. The number of hydrogen-bond donors (Lipinski definition) is 0. The van der Waals surface area contributed by atoms with Gasteiger partial charge in [-0.15, -0.1) is 0 Å². The van der Waals surface area contributed by atoms with Gasteiger partial charge in [-0.05, 0) is 36.7 Å². The zero-order chi connectivity index (χ0) is 12.5. The van der Waals surface area contributed by atoms with E-state index in [9.17, 15) is 4.79 Å². The molecule has 18 heavy (non-hydrogen) atoms. The minimum absolute atomic E-state index is 0.265. The zero-order valence-corrected chi connectivity index (χ0v) is 11.0. The van der Waals surface area contributed by atoms with Gasteiger partial charge in [-0.2, -0.15) is 0 Å². The maximum Gasteiger partial charge on any atom is 0.226 e. The minimum Gasteiger partial charge on any atom is -0.342 e. The van der Waals surface area contributed by atoms with Crippen molar-refractivity contribution in [2.24, 2.45) is 11.8 Å². The molecule has 1 aromatic carbocycles. The number of piperidine rings is 1.